The van der Waals surface area contributed by atoms with Gasteiger partial charge in [-0.3, -0.25) is 4.99 Å². The molecule has 0 unspecified atom stereocenters. The number of aromatic nitrogens is 1. The fourth-order valence-electron chi connectivity index (χ4n) is 1.58. The number of amidine groups is 1. The molecule has 2 aromatic rings. The minimum absolute atomic E-state index is 0.618. The molecule has 1 aromatic carbocycles. The highest BCUT2D eigenvalue weighted by atomic mass is 127. The van der Waals surface area contributed by atoms with Crippen molar-refractivity contribution in [1.29, 1.82) is 0 Å². The minimum Gasteiger partial charge on any atom is -0.311 e. The van der Waals surface area contributed by atoms with Gasteiger partial charge in [0.05, 0.1) is 16.8 Å². The molecule has 0 spiro atoms. The summed E-state index contributed by atoms with van der Waals surface area (Å²) in [5.74, 6) is 0. The number of thioether (sulfide) groups is 1. The quantitative estimate of drug-likeness (QED) is 0.644. The van der Waals surface area contributed by atoms with Gasteiger partial charge in [-0.15, -0.1) is 0 Å². The molecule has 0 saturated carbocycles. The Hall–Kier alpha value is -0.340. The molecule has 3 rings (SSSR count). The number of hydrogen-bond donors (Lipinski definition) is 1. The molecule has 0 radical (unpaired) electrons. The number of rotatable bonds is 2. The van der Waals surface area contributed by atoms with Crippen LogP contribution in [0.25, 0.3) is 10.2 Å². The Morgan fingerprint density at radius 1 is 1.41 bits per heavy atom. The third-order valence-corrected chi connectivity index (χ3v) is 6.11. The molecule has 1 N–H and O–H groups in total. The normalized spacial score (nSPS) is 19.6. The first-order valence-electron chi connectivity index (χ1n) is 5.25. The molecule has 1 aromatic heterocycles. The predicted octanol–water partition coefficient (Wildman–Crippen LogP) is 3.61. The Labute approximate surface area is 121 Å². The molecular weight excluding hydrogens is 365 g/mol. The molecule has 6 heteroatoms. The number of anilines is 1. The van der Waals surface area contributed by atoms with E-state index in [4.69, 9.17) is 0 Å². The van der Waals surface area contributed by atoms with E-state index < -0.39 is 0 Å². The lowest BCUT2D eigenvalue weighted by Crippen LogP contribution is -2.07. The van der Waals surface area contributed by atoms with E-state index in [1.54, 1.807) is 11.3 Å². The second-order valence-electron chi connectivity index (χ2n) is 3.65. The number of nitrogens with one attached hydrogen (secondary N) is 1. The molecule has 3 nitrogen and oxygen atoms in total. The van der Waals surface area contributed by atoms with Crippen molar-refractivity contribution in [2.75, 3.05) is 16.3 Å². The van der Waals surface area contributed by atoms with Gasteiger partial charge in [0, 0.05) is 9.68 Å². The van der Waals surface area contributed by atoms with Gasteiger partial charge in [-0.2, -0.15) is 0 Å². The van der Waals surface area contributed by atoms with E-state index in [2.05, 4.69) is 44.0 Å². The molecule has 0 aliphatic carbocycles. The van der Waals surface area contributed by atoms with Gasteiger partial charge in [-0.25, -0.2) is 4.98 Å². The van der Waals surface area contributed by atoms with Gasteiger partial charge < -0.3 is 5.32 Å². The topological polar surface area (TPSA) is 37.3 Å². The van der Waals surface area contributed by atoms with Crippen molar-refractivity contribution in [3.8, 4) is 0 Å². The summed E-state index contributed by atoms with van der Waals surface area (Å²) in [5.41, 5.74) is 1.05. The molecule has 1 aliphatic rings. The van der Waals surface area contributed by atoms with Gasteiger partial charge in [0.1, 0.15) is 0 Å². The zero-order valence-electron chi connectivity index (χ0n) is 8.89. The SMILES string of the molecule is IC[C@@H]1CN=C(Nc2nc3ccccc3s2)S1. The van der Waals surface area contributed by atoms with Gasteiger partial charge in [-0.05, 0) is 12.1 Å². The van der Waals surface area contributed by atoms with E-state index in [9.17, 15) is 0 Å². The number of nitrogens with zero attached hydrogens (tertiary/aromatic N) is 2. The number of benzene rings is 1. The van der Waals surface area contributed by atoms with Crippen LogP contribution in [0.3, 0.4) is 0 Å². The number of hydrogen-bond acceptors (Lipinski definition) is 5. The average molecular weight is 375 g/mol. The average Bonchev–Trinajstić information content (AvgIpc) is 2.94. The first-order valence-corrected chi connectivity index (χ1v) is 8.47. The highest BCUT2D eigenvalue weighted by molar-refractivity contribution is 14.1. The van der Waals surface area contributed by atoms with Crippen LogP contribution in [0, 0.1) is 0 Å². The molecule has 17 heavy (non-hydrogen) atoms. The molecule has 1 aliphatic heterocycles. The molecule has 1 atom stereocenters. The zero-order chi connectivity index (χ0) is 11.7. The van der Waals surface area contributed by atoms with Crippen LogP contribution in [-0.4, -0.2) is 26.4 Å². The highest BCUT2D eigenvalue weighted by Gasteiger charge is 2.19. The molecule has 0 amide bonds. The fraction of sp³-hybridized carbons (Fsp3) is 0.273. The lowest BCUT2D eigenvalue weighted by molar-refractivity contribution is 0.999. The molecular formula is C11H10IN3S2. The Morgan fingerprint density at radius 3 is 3.06 bits per heavy atom. The van der Waals surface area contributed by atoms with Crippen molar-refractivity contribution < 1.29 is 0 Å². The highest BCUT2D eigenvalue weighted by Crippen LogP contribution is 2.29. The van der Waals surface area contributed by atoms with Crippen molar-refractivity contribution in [2.24, 2.45) is 4.99 Å². The van der Waals surface area contributed by atoms with E-state index in [0.717, 1.165) is 26.8 Å². The summed E-state index contributed by atoms with van der Waals surface area (Å²) in [5, 5.41) is 5.87. The summed E-state index contributed by atoms with van der Waals surface area (Å²) < 4.78 is 2.35. The van der Waals surface area contributed by atoms with Crippen molar-refractivity contribution in [2.45, 2.75) is 5.25 Å². The predicted molar refractivity (Wildman–Crippen MR) is 85.8 cm³/mol. The van der Waals surface area contributed by atoms with Crippen LogP contribution in [-0.2, 0) is 0 Å². The van der Waals surface area contributed by atoms with Crippen molar-refractivity contribution >= 4 is 66.2 Å². The van der Waals surface area contributed by atoms with E-state index in [1.165, 1.54) is 4.70 Å². The summed E-state index contributed by atoms with van der Waals surface area (Å²) in [4.78, 5) is 9.02. The maximum absolute atomic E-state index is 4.54. The zero-order valence-corrected chi connectivity index (χ0v) is 12.7. The smallest absolute Gasteiger partial charge is 0.189 e. The van der Waals surface area contributed by atoms with Crippen LogP contribution in [0.1, 0.15) is 0 Å². The van der Waals surface area contributed by atoms with Crippen LogP contribution in [0.2, 0.25) is 0 Å². The monoisotopic (exact) mass is 375 g/mol. The second-order valence-corrected chi connectivity index (χ2v) is 6.85. The number of halogens is 1. The Kier molecular flexibility index (Phi) is 3.53. The lowest BCUT2D eigenvalue weighted by Gasteiger charge is -2.02. The van der Waals surface area contributed by atoms with Crippen LogP contribution < -0.4 is 5.32 Å². The summed E-state index contributed by atoms with van der Waals surface area (Å²) in [6.07, 6.45) is 0. The van der Waals surface area contributed by atoms with E-state index in [-0.39, 0.29) is 0 Å². The third kappa shape index (κ3) is 2.58. The first kappa shape index (κ1) is 11.7. The van der Waals surface area contributed by atoms with Crippen LogP contribution in [0.15, 0.2) is 29.3 Å². The standard InChI is InChI=1S/C11H10IN3S2/c12-5-7-6-13-10(16-7)15-11-14-8-3-1-2-4-9(8)17-11/h1-4,7H,5-6H2,(H,13,14,15)/t7-/m1/s1. The van der Waals surface area contributed by atoms with Gasteiger partial charge in [0.2, 0.25) is 0 Å². The summed E-state index contributed by atoms with van der Waals surface area (Å²) in [6.45, 7) is 0.917. The maximum Gasteiger partial charge on any atom is 0.189 e. The number of fused-ring (bicyclic) bond motifs is 1. The maximum atomic E-state index is 4.54. The summed E-state index contributed by atoms with van der Waals surface area (Å²) in [6, 6.07) is 8.18. The van der Waals surface area contributed by atoms with Crippen molar-refractivity contribution in [3.05, 3.63) is 24.3 Å². The van der Waals surface area contributed by atoms with Gasteiger partial charge in [-0.1, -0.05) is 57.8 Å². The molecule has 0 fully saturated rings. The third-order valence-electron chi connectivity index (χ3n) is 2.40. The van der Waals surface area contributed by atoms with E-state index >= 15 is 0 Å². The Morgan fingerprint density at radius 2 is 2.29 bits per heavy atom. The Balaban J connectivity index is 1.77. The molecule has 88 valence electrons. The largest absolute Gasteiger partial charge is 0.311 e. The molecule has 0 bridgehead atoms. The van der Waals surface area contributed by atoms with Crippen LogP contribution >= 0.6 is 45.7 Å². The van der Waals surface area contributed by atoms with Gasteiger partial charge >= 0.3 is 0 Å². The van der Waals surface area contributed by atoms with Crippen LogP contribution in [0.4, 0.5) is 5.13 Å². The number of thiazole rings is 1. The van der Waals surface area contributed by atoms with Crippen molar-refractivity contribution in [1.82, 2.24) is 4.98 Å². The number of alkyl halides is 1. The first-order chi connectivity index (χ1) is 8.35. The van der Waals surface area contributed by atoms with E-state index in [1.807, 2.05) is 30.0 Å². The Bertz CT molecular complexity index is 534. The van der Waals surface area contributed by atoms with Crippen LogP contribution in [0.5, 0.6) is 0 Å². The van der Waals surface area contributed by atoms with Gasteiger partial charge in [0.25, 0.3) is 0 Å². The molecule has 0 saturated heterocycles. The second kappa shape index (κ2) is 5.11. The van der Waals surface area contributed by atoms with Gasteiger partial charge in [0.15, 0.2) is 10.3 Å². The summed E-state index contributed by atoms with van der Waals surface area (Å²) in [7, 11) is 0. The number of para-hydroxylation sites is 1. The fourth-order valence-corrected chi connectivity index (χ4v) is 4.16. The van der Waals surface area contributed by atoms with E-state index in [0.29, 0.717) is 5.25 Å². The number of aliphatic imine (C=N–C) groups is 1. The lowest BCUT2D eigenvalue weighted by atomic mass is 10.3. The summed E-state index contributed by atoms with van der Waals surface area (Å²) >= 11 is 5.90. The minimum atomic E-state index is 0.618. The van der Waals surface area contributed by atoms with Crippen molar-refractivity contribution in [3.63, 3.8) is 0 Å². The molecule has 2 heterocycles.